The van der Waals surface area contributed by atoms with Crippen LogP contribution >= 0.6 is 0 Å². The fourth-order valence-electron chi connectivity index (χ4n) is 2.25. The Hall–Kier alpha value is -2.36. The van der Waals surface area contributed by atoms with Crippen LogP contribution in [0.1, 0.15) is 25.8 Å². The molecule has 3 N–H and O–H groups in total. The van der Waals surface area contributed by atoms with E-state index >= 15 is 0 Å². The largest absolute Gasteiger partial charge is 0.384 e. The molecule has 21 heavy (non-hydrogen) atoms. The second-order valence-electron chi connectivity index (χ2n) is 5.55. The summed E-state index contributed by atoms with van der Waals surface area (Å²) in [5.74, 6) is 0.319. The normalized spacial score (nSPS) is 10.8. The molecule has 0 unspecified atom stereocenters. The van der Waals surface area contributed by atoms with Crippen LogP contribution in [0.3, 0.4) is 0 Å². The van der Waals surface area contributed by atoms with Gasteiger partial charge in [-0.2, -0.15) is 0 Å². The summed E-state index contributed by atoms with van der Waals surface area (Å²) in [4.78, 5) is 12.6. The van der Waals surface area contributed by atoms with Gasteiger partial charge < -0.3 is 10.3 Å². The van der Waals surface area contributed by atoms with Crippen molar-refractivity contribution in [1.82, 2.24) is 4.57 Å². The predicted octanol–water partition coefficient (Wildman–Crippen LogP) is 2.85. The molecule has 0 aliphatic heterocycles. The topological polar surface area (TPSA) is 71.9 Å². The van der Waals surface area contributed by atoms with E-state index in [0.717, 1.165) is 17.7 Å². The molecule has 0 atom stereocenters. The van der Waals surface area contributed by atoms with E-state index in [-0.39, 0.29) is 17.0 Å². The van der Waals surface area contributed by atoms with Crippen molar-refractivity contribution in [2.24, 2.45) is 11.7 Å². The molecule has 0 saturated heterocycles. The average molecular weight is 283 g/mol. The highest BCUT2D eigenvalue weighted by Crippen LogP contribution is 2.19. The first-order valence-electron chi connectivity index (χ1n) is 7.14. The first kappa shape index (κ1) is 15.0. The third-order valence-corrected chi connectivity index (χ3v) is 3.46. The van der Waals surface area contributed by atoms with Crippen molar-refractivity contribution in [3.05, 3.63) is 58.4 Å². The summed E-state index contributed by atoms with van der Waals surface area (Å²) in [7, 11) is 0. The summed E-state index contributed by atoms with van der Waals surface area (Å²) < 4.78 is 1.73. The second kappa shape index (κ2) is 6.39. The smallest absolute Gasteiger partial charge is 0.262 e. The van der Waals surface area contributed by atoms with Gasteiger partial charge in [0.25, 0.3) is 5.56 Å². The van der Waals surface area contributed by atoms with Gasteiger partial charge in [-0.1, -0.05) is 44.2 Å². The maximum Gasteiger partial charge on any atom is 0.262 e. The lowest BCUT2D eigenvalue weighted by atomic mass is 10.1. The molecule has 0 saturated carbocycles. The van der Waals surface area contributed by atoms with Gasteiger partial charge in [-0.3, -0.25) is 10.2 Å². The summed E-state index contributed by atoms with van der Waals surface area (Å²) in [6.07, 6.45) is 0.904. The van der Waals surface area contributed by atoms with Crippen LogP contribution in [0, 0.1) is 11.3 Å². The Kier molecular flexibility index (Phi) is 4.58. The third-order valence-electron chi connectivity index (χ3n) is 3.46. The molecule has 1 aromatic carbocycles. The Balaban J connectivity index is 2.57. The van der Waals surface area contributed by atoms with Crippen LogP contribution in [0.4, 0.5) is 0 Å². The lowest BCUT2D eigenvalue weighted by molar-refractivity contribution is 0.510. The van der Waals surface area contributed by atoms with Gasteiger partial charge in [0.1, 0.15) is 5.84 Å². The lowest BCUT2D eigenvalue weighted by Gasteiger charge is -2.15. The lowest BCUT2D eigenvalue weighted by Crippen LogP contribution is -2.30. The Bertz CT molecular complexity index is 687. The molecule has 0 fully saturated rings. The van der Waals surface area contributed by atoms with E-state index < -0.39 is 0 Å². The Morgan fingerprint density at radius 1 is 1.19 bits per heavy atom. The summed E-state index contributed by atoms with van der Waals surface area (Å²) in [6.45, 7) is 4.88. The molecule has 0 amide bonds. The van der Waals surface area contributed by atoms with Gasteiger partial charge in [0, 0.05) is 6.54 Å². The minimum absolute atomic E-state index is 0.182. The maximum atomic E-state index is 12.6. The van der Waals surface area contributed by atoms with Crippen molar-refractivity contribution in [2.75, 3.05) is 0 Å². The van der Waals surface area contributed by atoms with Crippen molar-refractivity contribution in [2.45, 2.75) is 26.8 Å². The summed E-state index contributed by atoms with van der Waals surface area (Å²) in [5, 5.41) is 7.53. The molecule has 0 aliphatic carbocycles. The zero-order valence-corrected chi connectivity index (χ0v) is 12.5. The number of nitrogen functional groups attached to an aromatic ring is 1. The van der Waals surface area contributed by atoms with E-state index in [1.165, 1.54) is 0 Å². The Morgan fingerprint density at radius 3 is 2.43 bits per heavy atom. The molecule has 1 heterocycles. The number of nitrogens with two attached hydrogens (primary N) is 1. The van der Waals surface area contributed by atoms with E-state index in [2.05, 4.69) is 13.8 Å². The standard InChI is InChI=1S/C17H21N3O/c1-12(2)10-11-20-15(13-6-4-3-5-7-13)9-8-14(16(18)19)17(20)21/h3-9,12H,10-11H2,1-2H3,(H3,18,19). The SMILES string of the molecule is CC(C)CCn1c(-c2ccccc2)ccc(C(=N)N)c1=O. The molecular formula is C17H21N3O. The second-order valence-corrected chi connectivity index (χ2v) is 5.55. The van der Waals surface area contributed by atoms with Gasteiger partial charge >= 0.3 is 0 Å². The van der Waals surface area contributed by atoms with Gasteiger partial charge in [0.2, 0.25) is 0 Å². The number of nitrogens with zero attached hydrogens (tertiary/aromatic N) is 1. The van der Waals surface area contributed by atoms with Gasteiger partial charge in [-0.05, 0) is 30.0 Å². The Labute approximate surface area is 124 Å². The quantitative estimate of drug-likeness (QED) is 0.654. The molecular weight excluding hydrogens is 262 g/mol. The molecule has 1 aromatic heterocycles. The first-order chi connectivity index (χ1) is 10.0. The maximum absolute atomic E-state index is 12.6. The zero-order chi connectivity index (χ0) is 15.4. The first-order valence-corrected chi connectivity index (χ1v) is 7.14. The molecule has 2 aromatic rings. The van der Waals surface area contributed by atoms with E-state index in [1.807, 2.05) is 36.4 Å². The number of pyridine rings is 1. The highest BCUT2D eigenvalue weighted by Gasteiger charge is 2.12. The molecule has 2 rings (SSSR count). The fraction of sp³-hybridized carbons (Fsp3) is 0.294. The zero-order valence-electron chi connectivity index (χ0n) is 12.5. The molecule has 110 valence electrons. The molecule has 0 bridgehead atoms. The summed E-state index contributed by atoms with van der Waals surface area (Å²) >= 11 is 0. The average Bonchev–Trinajstić information content (AvgIpc) is 2.46. The van der Waals surface area contributed by atoms with Gasteiger partial charge in [-0.15, -0.1) is 0 Å². The van der Waals surface area contributed by atoms with E-state index in [1.54, 1.807) is 10.6 Å². The highest BCUT2D eigenvalue weighted by molar-refractivity contribution is 5.94. The number of hydrogen-bond acceptors (Lipinski definition) is 2. The Morgan fingerprint density at radius 2 is 1.86 bits per heavy atom. The van der Waals surface area contributed by atoms with Gasteiger partial charge in [0.15, 0.2) is 0 Å². The van der Waals surface area contributed by atoms with Crippen molar-refractivity contribution >= 4 is 5.84 Å². The highest BCUT2D eigenvalue weighted by atomic mass is 16.1. The van der Waals surface area contributed by atoms with E-state index in [4.69, 9.17) is 11.1 Å². The monoisotopic (exact) mass is 283 g/mol. The summed E-state index contributed by atoms with van der Waals surface area (Å²) in [6, 6.07) is 13.3. The van der Waals surface area contributed by atoms with E-state index in [0.29, 0.717) is 12.5 Å². The van der Waals surface area contributed by atoms with Crippen molar-refractivity contribution in [3.63, 3.8) is 0 Å². The number of benzene rings is 1. The minimum Gasteiger partial charge on any atom is -0.384 e. The van der Waals surface area contributed by atoms with Crippen LogP contribution in [-0.2, 0) is 6.54 Å². The van der Waals surface area contributed by atoms with Gasteiger partial charge in [-0.25, -0.2) is 0 Å². The number of aromatic nitrogens is 1. The van der Waals surface area contributed by atoms with Crippen molar-refractivity contribution in [1.29, 1.82) is 5.41 Å². The van der Waals surface area contributed by atoms with Crippen LogP contribution < -0.4 is 11.3 Å². The molecule has 4 nitrogen and oxygen atoms in total. The van der Waals surface area contributed by atoms with Crippen molar-refractivity contribution < 1.29 is 0 Å². The third kappa shape index (κ3) is 3.40. The fourth-order valence-corrected chi connectivity index (χ4v) is 2.25. The van der Waals surface area contributed by atoms with Crippen LogP contribution in [-0.4, -0.2) is 10.4 Å². The minimum atomic E-state index is -0.190. The van der Waals surface area contributed by atoms with Crippen LogP contribution in [0.15, 0.2) is 47.3 Å². The molecule has 4 heteroatoms. The number of rotatable bonds is 5. The summed E-state index contributed by atoms with van der Waals surface area (Å²) in [5.41, 5.74) is 7.43. The molecule has 0 spiro atoms. The van der Waals surface area contributed by atoms with Crippen molar-refractivity contribution in [3.8, 4) is 11.3 Å². The van der Waals surface area contributed by atoms with Crippen LogP contribution in [0.5, 0.6) is 0 Å². The molecule has 0 radical (unpaired) electrons. The number of nitrogens with one attached hydrogen (secondary N) is 1. The van der Waals surface area contributed by atoms with Crippen LogP contribution in [0.25, 0.3) is 11.3 Å². The van der Waals surface area contributed by atoms with Crippen LogP contribution in [0.2, 0.25) is 0 Å². The number of amidine groups is 1. The van der Waals surface area contributed by atoms with Gasteiger partial charge in [0.05, 0.1) is 11.3 Å². The number of hydrogen-bond donors (Lipinski definition) is 2. The molecule has 0 aliphatic rings. The van der Waals surface area contributed by atoms with E-state index in [9.17, 15) is 4.79 Å². The predicted molar refractivity (Wildman–Crippen MR) is 86.6 cm³/mol.